The average molecular weight is 444 g/mol. The van der Waals surface area contributed by atoms with Crippen LogP contribution in [0.1, 0.15) is 21.6 Å². The van der Waals surface area contributed by atoms with Crippen LogP contribution >= 0.6 is 0 Å². The van der Waals surface area contributed by atoms with E-state index in [1.807, 2.05) is 4.90 Å². The molecule has 0 saturated carbocycles. The van der Waals surface area contributed by atoms with E-state index in [4.69, 9.17) is 0 Å². The molecule has 9 heteroatoms. The van der Waals surface area contributed by atoms with E-state index in [1.165, 1.54) is 24.3 Å². The molecule has 4 rings (SSSR count). The number of carbonyl (C=O) groups excluding carboxylic acids is 1. The number of alkyl halides is 3. The highest BCUT2D eigenvalue weighted by Gasteiger charge is 2.31. The number of aryl methyl sites for hydroxylation is 1. The van der Waals surface area contributed by atoms with Gasteiger partial charge in [0.25, 0.3) is 5.91 Å². The van der Waals surface area contributed by atoms with Gasteiger partial charge in [0.2, 0.25) is 0 Å². The zero-order valence-electron chi connectivity index (χ0n) is 17.2. The van der Waals surface area contributed by atoms with Gasteiger partial charge in [-0.25, -0.2) is 14.4 Å². The molecule has 1 saturated heterocycles. The first-order valence-electron chi connectivity index (χ1n) is 10.0. The number of carbonyl (C=O) groups is 1. The number of rotatable bonds is 3. The van der Waals surface area contributed by atoms with Crippen LogP contribution in [-0.2, 0) is 6.18 Å². The molecular weight excluding hydrogens is 424 g/mol. The monoisotopic (exact) mass is 444 g/mol. The molecule has 32 heavy (non-hydrogen) atoms. The topological polar surface area (TPSA) is 49.3 Å². The third kappa shape index (κ3) is 4.71. The first kappa shape index (κ1) is 21.7. The summed E-state index contributed by atoms with van der Waals surface area (Å²) in [6.45, 7) is 3.56. The third-order valence-corrected chi connectivity index (χ3v) is 5.25. The van der Waals surface area contributed by atoms with Crippen LogP contribution in [0.15, 0.2) is 54.6 Å². The molecule has 0 unspecified atom stereocenters. The molecule has 0 bridgehead atoms. The van der Waals surface area contributed by atoms with Crippen LogP contribution in [-0.4, -0.2) is 47.0 Å². The highest BCUT2D eigenvalue weighted by molar-refractivity contribution is 5.94. The van der Waals surface area contributed by atoms with E-state index in [2.05, 4.69) is 9.97 Å². The Balaban J connectivity index is 1.51. The highest BCUT2D eigenvalue weighted by atomic mass is 19.4. The molecule has 2 aromatic carbocycles. The third-order valence-electron chi connectivity index (χ3n) is 5.25. The summed E-state index contributed by atoms with van der Waals surface area (Å²) in [5.74, 6) is 0.0906. The smallest absolute Gasteiger partial charge is 0.353 e. The normalized spacial score (nSPS) is 14.5. The first-order valence-corrected chi connectivity index (χ1v) is 10.0. The van der Waals surface area contributed by atoms with Gasteiger partial charge in [-0.2, -0.15) is 13.2 Å². The lowest BCUT2D eigenvalue weighted by atomic mass is 10.1. The largest absolute Gasteiger partial charge is 0.416 e. The SMILES string of the molecule is Cc1cc(N2CCN(C(=O)c3cccc(F)c3)CC2)nc(-c2cccc(C(F)(F)F)c2)n1. The molecule has 3 aromatic rings. The molecule has 1 fully saturated rings. The Morgan fingerprint density at radius 2 is 1.66 bits per heavy atom. The number of benzene rings is 2. The second-order valence-electron chi connectivity index (χ2n) is 7.56. The van der Waals surface area contributed by atoms with Gasteiger partial charge in [0.15, 0.2) is 5.82 Å². The summed E-state index contributed by atoms with van der Waals surface area (Å²) in [6.07, 6.45) is -4.45. The number of nitrogens with zero attached hydrogens (tertiary/aromatic N) is 4. The summed E-state index contributed by atoms with van der Waals surface area (Å²) < 4.78 is 52.7. The van der Waals surface area contributed by atoms with Crippen LogP contribution < -0.4 is 4.90 Å². The van der Waals surface area contributed by atoms with E-state index in [-0.39, 0.29) is 17.3 Å². The van der Waals surface area contributed by atoms with Crippen LogP contribution in [0.3, 0.4) is 0 Å². The number of hydrogen-bond donors (Lipinski definition) is 0. The van der Waals surface area contributed by atoms with E-state index in [9.17, 15) is 22.4 Å². The summed E-state index contributed by atoms with van der Waals surface area (Å²) in [5, 5.41) is 0. The van der Waals surface area contributed by atoms with Gasteiger partial charge in [-0.15, -0.1) is 0 Å². The van der Waals surface area contributed by atoms with Crippen molar-refractivity contribution in [2.75, 3.05) is 31.1 Å². The molecule has 0 atom stereocenters. The number of aromatic nitrogens is 2. The number of hydrogen-bond acceptors (Lipinski definition) is 4. The Hall–Kier alpha value is -3.49. The molecule has 0 N–H and O–H groups in total. The minimum absolute atomic E-state index is 0.212. The molecule has 1 aliphatic rings. The van der Waals surface area contributed by atoms with Gasteiger partial charge in [-0.3, -0.25) is 4.79 Å². The summed E-state index contributed by atoms with van der Waals surface area (Å²) in [6, 6.07) is 12.3. The van der Waals surface area contributed by atoms with Crippen LogP contribution in [0, 0.1) is 12.7 Å². The minimum Gasteiger partial charge on any atom is -0.353 e. The van der Waals surface area contributed by atoms with Crippen molar-refractivity contribution in [3.8, 4) is 11.4 Å². The van der Waals surface area contributed by atoms with Gasteiger partial charge in [0, 0.05) is 49.1 Å². The molecule has 166 valence electrons. The lowest BCUT2D eigenvalue weighted by Crippen LogP contribution is -2.49. The zero-order valence-corrected chi connectivity index (χ0v) is 17.2. The Labute approximate surface area is 182 Å². The zero-order chi connectivity index (χ0) is 22.9. The van der Waals surface area contributed by atoms with Crippen molar-refractivity contribution in [2.24, 2.45) is 0 Å². The maximum Gasteiger partial charge on any atom is 0.416 e. The maximum atomic E-state index is 13.4. The lowest BCUT2D eigenvalue weighted by Gasteiger charge is -2.35. The molecular formula is C23H20F4N4O. The van der Waals surface area contributed by atoms with E-state index in [0.29, 0.717) is 43.3 Å². The highest BCUT2D eigenvalue weighted by Crippen LogP contribution is 2.32. The molecule has 0 radical (unpaired) electrons. The van der Waals surface area contributed by atoms with Crippen molar-refractivity contribution < 1.29 is 22.4 Å². The second kappa shape index (κ2) is 8.57. The van der Waals surface area contributed by atoms with Crippen molar-refractivity contribution in [2.45, 2.75) is 13.1 Å². The minimum atomic E-state index is -4.45. The van der Waals surface area contributed by atoms with E-state index < -0.39 is 17.6 Å². The Morgan fingerprint density at radius 3 is 2.34 bits per heavy atom. The Bertz CT molecular complexity index is 1140. The standard InChI is InChI=1S/C23H20F4N4O/c1-15-12-20(29-21(28-15)16-4-2-6-18(13-16)23(25,26)27)30-8-10-31(11-9-30)22(32)17-5-3-7-19(24)14-17/h2-7,12-14H,8-11H2,1H3. The fraction of sp³-hybridized carbons (Fsp3) is 0.261. The quantitative estimate of drug-likeness (QED) is 0.556. The predicted molar refractivity (Wildman–Crippen MR) is 112 cm³/mol. The van der Waals surface area contributed by atoms with Gasteiger partial charge in [0.05, 0.1) is 5.56 Å². The predicted octanol–water partition coefficient (Wildman–Crippen LogP) is 4.57. The van der Waals surface area contributed by atoms with Gasteiger partial charge in [0.1, 0.15) is 11.6 Å². The van der Waals surface area contributed by atoms with E-state index >= 15 is 0 Å². The Kier molecular flexibility index (Phi) is 5.82. The van der Waals surface area contributed by atoms with Gasteiger partial charge < -0.3 is 9.80 Å². The van der Waals surface area contributed by atoms with Crippen molar-refractivity contribution in [3.63, 3.8) is 0 Å². The molecule has 0 aliphatic carbocycles. The summed E-state index contributed by atoms with van der Waals surface area (Å²) >= 11 is 0. The van der Waals surface area contributed by atoms with Crippen molar-refractivity contribution in [1.82, 2.24) is 14.9 Å². The molecule has 2 heterocycles. The number of halogens is 4. The van der Waals surface area contributed by atoms with E-state index in [0.717, 1.165) is 12.1 Å². The molecule has 0 spiro atoms. The Morgan fingerprint density at radius 1 is 0.938 bits per heavy atom. The number of piperazine rings is 1. The fourth-order valence-electron chi connectivity index (χ4n) is 3.62. The number of amides is 1. The van der Waals surface area contributed by atoms with Gasteiger partial charge in [-0.05, 0) is 37.3 Å². The average Bonchev–Trinajstić information content (AvgIpc) is 2.78. The lowest BCUT2D eigenvalue weighted by molar-refractivity contribution is -0.137. The van der Waals surface area contributed by atoms with Gasteiger partial charge in [-0.1, -0.05) is 18.2 Å². The van der Waals surface area contributed by atoms with Crippen LogP contribution in [0.25, 0.3) is 11.4 Å². The maximum absolute atomic E-state index is 13.4. The molecule has 1 aromatic heterocycles. The summed E-state index contributed by atoms with van der Waals surface area (Å²) in [7, 11) is 0. The van der Waals surface area contributed by atoms with E-state index in [1.54, 1.807) is 30.0 Å². The van der Waals surface area contributed by atoms with Crippen LogP contribution in [0.5, 0.6) is 0 Å². The van der Waals surface area contributed by atoms with Crippen LogP contribution in [0.4, 0.5) is 23.4 Å². The second-order valence-corrected chi connectivity index (χ2v) is 7.56. The van der Waals surface area contributed by atoms with Gasteiger partial charge >= 0.3 is 6.18 Å². The van der Waals surface area contributed by atoms with Crippen molar-refractivity contribution in [3.05, 3.63) is 77.2 Å². The first-order chi connectivity index (χ1) is 15.2. The molecule has 5 nitrogen and oxygen atoms in total. The summed E-state index contributed by atoms with van der Waals surface area (Å²) in [4.78, 5) is 25.0. The molecule has 1 amide bonds. The summed E-state index contributed by atoms with van der Waals surface area (Å²) in [5.41, 5.74) is 0.444. The number of anilines is 1. The van der Waals surface area contributed by atoms with Crippen molar-refractivity contribution >= 4 is 11.7 Å². The molecule has 1 aliphatic heterocycles. The fourth-order valence-corrected chi connectivity index (χ4v) is 3.62. The van der Waals surface area contributed by atoms with Crippen LogP contribution in [0.2, 0.25) is 0 Å². The van der Waals surface area contributed by atoms with Crippen molar-refractivity contribution in [1.29, 1.82) is 0 Å².